The number of hydrogen-bond donors (Lipinski definition) is 2. The summed E-state index contributed by atoms with van der Waals surface area (Å²) in [6.45, 7) is 2.15. The lowest BCUT2D eigenvalue weighted by atomic mass is 10.1. The van der Waals surface area contributed by atoms with Gasteiger partial charge < -0.3 is 10.4 Å². The number of rotatable bonds is 5. The third-order valence-electron chi connectivity index (χ3n) is 2.29. The third kappa shape index (κ3) is 4.07. The molecule has 1 aromatic carbocycles. The van der Waals surface area contributed by atoms with Crippen LogP contribution in [-0.2, 0) is 4.79 Å². The minimum Gasteiger partial charge on any atom is -0.481 e. The van der Waals surface area contributed by atoms with Crippen molar-refractivity contribution in [2.75, 3.05) is 6.54 Å². The fourth-order valence-electron chi connectivity index (χ4n) is 1.36. The highest BCUT2D eigenvalue weighted by Gasteiger charge is 2.10. The number of benzene rings is 1. The molecule has 4 nitrogen and oxygen atoms in total. The lowest BCUT2D eigenvalue weighted by Crippen LogP contribution is -2.25. The molecule has 5 heteroatoms. The Kier molecular flexibility index (Phi) is 4.97. The quantitative estimate of drug-likeness (QED) is 0.793. The molecule has 0 bridgehead atoms. The molecule has 0 fully saturated rings. The molecule has 0 saturated heterocycles. The van der Waals surface area contributed by atoms with E-state index in [1.54, 1.807) is 12.1 Å². The van der Waals surface area contributed by atoms with Gasteiger partial charge in [0, 0.05) is 13.0 Å². The number of carboxylic acids is 1. The standard InChI is InChI=1S/C12H14ClNO3/c1-8-4-2-5-9(11(8)13)12(17)14-7-3-6-10(15)16/h2,4-5H,3,6-7H2,1H3,(H,14,17)(H,15,16). The fourth-order valence-corrected chi connectivity index (χ4v) is 1.57. The maximum absolute atomic E-state index is 11.7. The lowest BCUT2D eigenvalue weighted by molar-refractivity contribution is -0.137. The van der Waals surface area contributed by atoms with Crippen LogP contribution in [0.5, 0.6) is 0 Å². The largest absolute Gasteiger partial charge is 0.481 e. The second-order valence-corrected chi connectivity index (χ2v) is 4.07. The van der Waals surface area contributed by atoms with E-state index in [9.17, 15) is 9.59 Å². The van der Waals surface area contributed by atoms with Gasteiger partial charge in [0.1, 0.15) is 0 Å². The smallest absolute Gasteiger partial charge is 0.303 e. The van der Waals surface area contributed by atoms with E-state index in [0.717, 1.165) is 5.56 Å². The van der Waals surface area contributed by atoms with Crippen molar-refractivity contribution in [3.63, 3.8) is 0 Å². The number of carbonyl (C=O) groups excluding carboxylic acids is 1. The molecule has 0 radical (unpaired) electrons. The molecule has 1 amide bonds. The number of carbonyl (C=O) groups is 2. The Morgan fingerprint density at radius 1 is 1.41 bits per heavy atom. The summed E-state index contributed by atoms with van der Waals surface area (Å²) in [6, 6.07) is 5.22. The predicted octanol–water partition coefficient (Wildman–Crippen LogP) is 2.24. The van der Waals surface area contributed by atoms with Crippen LogP contribution in [0.2, 0.25) is 5.02 Å². The molecule has 0 aromatic heterocycles. The van der Waals surface area contributed by atoms with E-state index in [4.69, 9.17) is 16.7 Å². The minimum absolute atomic E-state index is 0.0435. The zero-order valence-electron chi connectivity index (χ0n) is 9.50. The highest BCUT2D eigenvalue weighted by Crippen LogP contribution is 2.19. The normalized spacial score (nSPS) is 10.0. The molecule has 0 saturated carbocycles. The van der Waals surface area contributed by atoms with Crippen molar-refractivity contribution in [1.29, 1.82) is 0 Å². The van der Waals surface area contributed by atoms with Crippen molar-refractivity contribution in [1.82, 2.24) is 5.32 Å². The van der Waals surface area contributed by atoms with Crippen molar-refractivity contribution in [2.24, 2.45) is 0 Å². The fraction of sp³-hybridized carbons (Fsp3) is 0.333. The van der Waals surface area contributed by atoms with Crippen LogP contribution in [0, 0.1) is 6.92 Å². The number of aryl methyl sites for hydroxylation is 1. The van der Waals surface area contributed by atoms with Crippen molar-refractivity contribution < 1.29 is 14.7 Å². The summed E-state index contributed by atoms with van der Waals surface area (Å²) >= 11 is 6.00. The van der Waals surface area contributed by atoms with Crippen LogP contribution in [0.25, 0.3) is 0 Å². The topological polar surface area (TPSA) is 66.4 Å². The number of aliphatic carboxylic acids is 1. The first-order valence-electron chi connectivity index (χ1n) is 5.27. The molecule has 0 heterocycles. The lowest BCUT2D eigenvalue weighted by Gasteiger charge is -2.07. The molecule has 0 aliphatic heterocycles. The molecule has 17 heavy (non-hydrogen) atoms. The van der Waals surface area contributed by atoms with Crippen LogP contribution in [0.4, 0.5) is 0 Å². The Balaban J connectivity index is 2.53. The van der Waals surface area contributed by atoms with Crippen LogP contribution < -0.4 is 5.32 Å². The molecule has 0 atom stereocenters. The molecule has 2 N–H and O–H groups in total. The highest BCUT2D eigenvalue weighted by atomic mass is 35.5. The summed E-state index contributed by atoms with van der Waals surface area (Å²) in [4.78, 5) is 22.0. The number of amides is 1. The van der Waals surface area contributed by atoms with E-state index < -0.39 is 5.97 Å². The molecule has 0 unspecified atom stereocenters. The van der Waals surface area contributed by atoms with Crippen LogP contribution in [0.15, 0.2) is 18.2 Å². The molecule has 1 rings (SSSR count). The summed E-state index contributed by atoms with van der Waals surface area (Å²) in [7, 11) is 0. The summed E-state index contributed by atoms with van der Waals surface area (Å²) in [5, 5.41) is 11.5. The van der Waals surface area contributed by atoms with Gasteiger partial charge in [-0.3, -0.25) is 9.59 Å². The van der Waals surface area contributed by atoms with Crippen LogP contribution in [0.1, 0.15) is 28.8 Å². The second-order valence-electron chi connectivity index (χ2n) is 3.69. The molecular weight excluding hydrogens is 242 g/mol. The van der Waals surface area contributed by atoms with Gasteiger partial charge in [0.15, 0.2) is 0 Å². The number of hydrogen-bond acceptors (Lipinski definition) is 2. The average molecular weight is 256 g/mol. The first kappa shape index (κ1) is 13.5. The SMILES string of the molecule is Cc1cccc(C(=O)NCCCC(=O)O)c1Cl. The molecular formula is C12H14ClNO3. The van der Waals surface area contributed by atoms with E-state index in [1.807, 2.05) is 13.0 Å². The van der Waals surface area contributed by atoms with Crippen molar-refractivity contribution in [3.05, 3.63) is 34.3 Å². The summed E-state index contributed by atoms with van der Waals surface area (Å²) in [5.41, 5.74) is 1.26. The van der Waals surface area contributed by atoms with Crippen molar-refractivity contribution >= 4 is 23.5 Å². The molecule has 1 aromatic rings. The van der Waals surface area contributed by atoms with E-state index in [2.05, 4.69) is 5.32 Å². The predicted molar refractivity (Wildman–Crippen MR) is 65.4 cm³/mol. The minimum atomic E-state index is -0.868. The van der Waals surface area contributed by atoms with Crippen LogP contribution in [0.3, 0.4) is 0 Å². The molecule has 0 aliphatic rings. The maximum atomic E-state index is 11.7. The van der Waals surface area contributed by atoms with Gasteiger partial charge in [-0.05, 0) is 25.0 Å². The average Bonchev–Trinajstić information content (AvgIpc) is 2.27. The highest BCUT2D eigenvalue weighted by molar-refractivity contribution is 6.34. The number of halogens is 1. The van der Waals surface area contributed by atoms with Crippen LogP contribution >= 0.6 is 11.6 Å². The summed E-state index contributed by atoms with van der Waals surface area (Å²) < 4.78 is 0. The van der Waals surface area contributed by atoms with E-state index in [0.29, 0.717) is 23.6 Å². The number of carboxylic acid groups (broad SMARTS) is 1. The first-order chi connectivity index (χ1) is 8.02. The van der Waals surface area contributed by atoms with Crippen LogP contribution in [-0.4, -0.2) is 23.5 Å². The first-order valence-corrected chi connectivity index (χ1v) is 5.65. The molecule has 0 aliphatic carbocycles. The Labute approximate surface area is 105 Å². The Morgan fingerprint density at radius 2 is 2.12 bits per heavy atom. The van der Waals surface area contributed by atoms with Gasteiger partial charge in [-0.25, -0.2) is 0 Å². The number of nitrogens with one attached hydrogen (secondary N) is 1. The Morgan fingerprint density at radius 3 is 2.76 bits per heavy atom. The van der Waals surface area contributed by atoms with Gasteiger partial charge in [-0.1, -0.05) is 23.7 Å². The van der Waals surface area contributed by atoms with E-state index in [1.165, 1.54) is 0 Å². The van der Waals surface area contributed by atoms with Crippen molar-refractivity contribution in [3.8, 4) is 0 Å². The van der Waals surface area contributed by atoms with Gasteiger partial charge in [-0.2, -0.15) is 0 Å². The summed E-state index contributed by atoms with van der Waals surface area (Å²) in [6.07, 6.45) is 0.451. The van der Waals surface area contributed by atoms with E-state index >= 15 is 0 Å². The maximum Gasteiger partial charge on any atom is 0.303 e. The summed E-state index contributed by atoms with van der Waals surface area (Å²) in [5.74, 6) is -1.14. The zero-order valence-corrected chi connectivity index (χ0v) is 10.3. The Hall–Kier alpha value is -1.55. The second kappa shape index (κ2) is 6.25. The van der Waals surface area contributed by atoms with Gasteiger partial charge in [0.25, 0.3) is 5.91 Å². The third-order valence-corrected chi connectivity index (χ3v) is 2.79. The van der Waals surface area contributed by atoms with Gasteiger partial charge in [0.2, 0.25) is 0 Å². The van der Waals surface area contributed by atoms with E-state index in [-0.39, 0.29) is 12.3 Å². The monoisotopic (exact) mass is 255 g/mol. The molecule has 0 spiro atoms. The van der Waals surface area contributed by atoms with Gasteiger partial charge in [-0.15, -0.1) is 0 Å². The molecule has 92 valence electrons. The van der Waals surface area contributed by atoms with Gasteiger partial charge in [0.05, 0.1) is 10.6 Å². The van der Waals surface area contributed by atoms with Crippen molar-refractivity contribution in [2.45, 2.75) is 19.8 Å². The van der Waals surface area contributed by atoms with Gasteiger partial charge >= 0.3 is 5.97 Å². The zero-order chi connectivity index (χ0) is 12.8. The Bertz CT molecular complexity index is 432.